The molecule has 28 heavy (non-hydrogen) atoms. The van der Waals surface area contributed by atoms with E-state index in [2.05, 4.69) is 10.3 Å². The molecular weight excluding hydrogens is 360 g/mol. The number of H-pyrrole nitrogens is 1. The van der Waals surface area contributed by atoms with Gasteiger partial charge in [-0.3, -0.25) is 10.1 Å². The van der Waals surface area contributed by atoms with Crippen LogP contribution in [0.4, 0.5) is 0 Å². The molecule has 146 valence electrons. The molecule has 1 aromatic heterocycles. The Bertz CT molecular complexity index is 988. The van der Waals surface area contributed by atoms with Gasteiger partial charge in [0.1, 0.15) is 6.23 Å². The van der Waals surface area contributed by atoms with E-state index in [1.165, 1.54) is 21.3 Å². The van der Waals surface area contributed by atoms with E-state index in [0.29, 0.717) is 22.8 Å². The highest BCUT2D eigenvalue weighted by Gasteiger charge is 2.33. The van der Waals surface area contributed by atoms with Gasteiger partial charge in [0.25, 0.3) is 0 Å². The van der Waals surface area contributed by atoms with Crippen LogP contribution >= 0.6 is 0 Å². The second kappa shape index (κ2) is 7.53. The maximum atomic E-state index is 13.1. The lowest BCUT2D eigenvalue weighted by atomic mass is 10.0. The van der Waals surface area contributed by atoms with E-state index in [9.17, 15) is 4.79 Å². The molecule has 2 heterocycles. The number of carbonyl (C=O) groups is 1. The first-order valence-electron chi connectivity index (χ1n) is 8.94. The monoisotopic (exact) mass is 382 g/mol. The predicted octanol–water partition coefficient (Wildman–Crippen LogP) is 3.06. The van der Waals surface area contributed by atoms with Crippen molar-refractivity contribution in [2.24, 2.45) is 0 Å². The minimum Gasteiger partial charge on any atom is -0.493 e. The van der Waals surface area contributed by atoms with Crippen LogP contribution in [-0.4, -0.2) is 44.7 Å². The van der Waals surface area contributed by atoms with E-state index in [1.54, 1.807) is 12.1 Å². The normalized spacial score (nSPS) is 19.0. The second-order valence-electron chi connectivity index (χ2n) is 6.50. The molecule has 0 spiro atoms. The molecule has 1 aliphatic rings. The molecule has 0 aliphatic carbocycles. The molecular formula is C21H22N2O5. The van der Waals surface area contributed by atoms with Crippen molar-refractivity contribution >= 4 is 16.7 Å². The summed E-state index contributed by atoms with van der Waals surface area (Å²) in [4.78, 5) is 16.3. The first kappa shape index (κ1) is 18.3. The predicted molar refractivity (Wildman–Crippen MR) is 104 cm³/mol. The number of hydrogen-bond donors (Lipinski definition) is 2. The minimum atomic E-state index is -0.474. The zero-order chi connectivity index (χ0) is 19.7. The highest BCUT2D eigenvalue weighted by Crippen LogP contribution is 2.39. The van der Waals surface area contributed by atoms with E-state index in [0.717, 1.165) is 16.5 Å². The zero-order valence-corrected chi connectivity index (χ0v) is 15.9. The topological polar surface area (TPSA) is 81.8 Å². The Hall–Kier alpha value is -3.03. The number of hydrogen-bond acceptors (Lipinski definition) is 6. The van der Waals surface area contributed by atoms with Crippen LogP contribution < -0.4 is 19.5 Å². The molecule has 2 atom stereocenters. The SMILES string of the molecule is COc1cc(C(=O)C2COC(c3cccc4cc[nH]c34)N2)cc(OC)c1OC. The number of aromatic amines is 1. The lowest BCUT2D eigenvalue weighted by Gasteiger charge is -2.16. The Morgan fingerprint density at radius 1 is 1.07 bits per heavy atom. The number of para-hydroxylation sites is 1. The van der Waals surface area contributed by atoms with Gasteiger partial charge in [-0.1, -0.05) is 18.2 Å². The van der Waals surface area contributed by atoms with Gasteiger partial charge in [0.15, 0.2) is 17.3 Å². The molecule has 1 aliphatic heterocycles. The van der Waals surface area contributed by atoms with Crippen LogP contribution in [0.25, 0.3) is 10.9 Å². The molecule has 2 unspecified atom stereocenters. The summed E-state index contributed by atoms with van der Waals surface area (Å²) in [6, 6.07) is 10.8. The van der Waals surface area contributed by atoms with Crippen molar-refractivity contribution < 1.29 is 23.7 Å². The quantitative estimate of drug-likeness (QED) is 0.638. The Morgan fingerprint density at radius 3 is 2.50 bits per heavy atom. The largest absolute Gasteiger partial charge is 0.493 e. The third-order valence-corrected chi connectivity index (χ3v) is 4.95. The molecule has 7 heteroatoms. The van der Waals surface area contributed by atoms with Crippen molar-refractivity contribution in [3.63, 3.8) is 0 Å². The van der Waals surface area contributed by atoms with Crippen LogP contribution in [-0.2, 0) is 4.74 Å². The minimum absolute atomic E-state index is 0.0968. The van der Waals surface area contributed by atoms with Crippen LogP contribution in [0, 0.1) is 0 Å². The average Bonchev–Trinajstić information content (AvgIpc) is 3.41. The number of methoxy groups -OCH3 is 3. The number of aromatic nitrogens is 1. The summed E-state index contributed by atoms with van der Waals surface area (Å²) in [7, 11) is 4.57. The average molecular weight is 382 g/mol. The Balaban J connectivity index is 1.59. The number of ether oxygens (including phenoxy) is 4. The number of rotatable bonds is 6. The van der Waals surface area contributed by atoms with Gasteiger partial charge in [-0.05, 0) is 23.6 Å². The zero-order valence-electron chi connectivity index (χ0n) is 15.9. The van der Waals surface area contributed by atoms with Crippen LogP contribution in [0.5, 0.6) is 17.2 Å². The molecule has 4 rings (SSSR count). The molecule has 1 saturated heterocycles. The second-order valence-corrected chi connectivity index (χ2v) is 6.50. The van der Waals surface area contributed by atoms with Crippen molar-refractivity contribution in [2.45, 2.75) is 12.3 Å². The number of fused-ring (bicyclic) bond motifs is 1. The summed E-state index contributed by atoms with van der Waals surface area (Å²) in [6.07, 6.45) is 1.53. The van der Waals surface area contributed by atoms with Crippen LogP contribution in [0.1, 0.15) is 22.1 Å². The van der Waals surface area contributed by atoms with Gasteiger partial charge in [-0.25, -0.2) is 0 Å². The van der Waals surface area contributed by atoms with E-state index in [-0.39, 0.29) is 18.6 Å². The Kier molecular flexibility index (Phi) is 4.93. The number of Topliss-reactive ketones (excluding diaryl/α,β-unsaturated/α-hetero) is 1. The maximum absolute atomic E-state index is 13.1. The van der Waals surface area contributed by atoms with Crippen LogP contribution in [0.2, 0.25) is 0 Å². The van der Waals surface area contributed by atoms with Crippen molar-refractivity contribution in [1.82, 2.24) is 10.3 Å². The molecule has 0 saturated carbocycles. The molecule has 3 aromatic rings. The van der Waals surface area contributed by atoms with Gasteiger partial charge in [0.2, 0.25) is 5.75 Å². The summed E-state index contributed by atoms with van der Waals surface area (Å²) in [5.41, 5.74) is 2.44. The molecule has 7 nitrogen and oxygen atoms in total. The number of benzene rings is 2. The van der Waals surface area contributed by atoms with Gasteiger partial charge in [-0.2, -0.15) is 0 Å². The molecule has 2 N–H and O–H groups in total. The van der Waals surface area contributed by atoms with Crippen molar-refractivity contribution in [3.05, 3.63) is 53.7 Å². The van der Waals surface area contributed by atoms with Gasteiger partial charge >= 0.3 is 0 Å². The number of carbonyl (C=O) groups excluding carboxylic acids is 1. The molecule has 0 bridgehead atoms. The fourth-order valence-corrected chi connectivity index (χ4v) is 3.55. The number of ketones is 1. The summed E-state index contributed by atoms with van der Waals surface area (Å²) in [6.45, 7) is 0.275. The third-order valence-electron chi connectivity index (χ3n) is 4.95. The summed E-state index contributed by atoms with van der Waals surface area (Å²) < 4.78 is 21.9. The first-order chi connectivity index (χ1) is 13.7. The van der Waals surface area contributed by atoms with E-state index in [1.807, 2.05) is 30.5 Å². The lowest BCUT2D eigenvalue weighted by molar-refractivity contribution is 0.0910. The molecule has 1 fully saturated rings. The van der Waals surface area contributed by atoms with Crippen molar-refractivity contribution in [2.75, 3.05) is 27.9 Å². The summed E-state index contributed by atoms with van der Waals surface area (Å²) in [5.74, 6) is 1.24. The highest BCUT2D eigenvalue weighted by atomic mass is 16.5. The smallest absolute Gasteiger partial charge is 0.203 e. The third kappa shape index (κ3) is 3.08. The molecule has 0 radical (unpaired) electrons. The summed E-state index contributed by atoms with van der Waals surface area (Å²) in [5, 5.41) is 4.39. The fourth-order valence-electron chi connectivity index (χ4n) is 3.55. The number of nitrogens with one attached hydrogen (secondary N) is 2. The van der Waals surface area contributed by atoms with Crippen LogP contribution in [0.15, 0.2) is 42.6 Å². The van der Waals surface area contributed by atoms with Gasteiger partial charge in [-0.15, -0.1) is 0 Å². The van der Waals surface area contributed by atoms with Crippen molar-refractivity contribution in [1.29, 1.82) is 0 Å². The molecule has 0 amide bonds. The van der Waals surface area contributed by atoms with Gasteiger partial charge in [0, 0.05) is 17.3 Å². The van der Waals surface area contributed by atoms with Crippen molar-refractivity contribution in [3.8, 4) is 17.2 Å². The Morgan fingerprint density at radius 2 is 1.82 bits per heavy atom. The maximum Gasteiger partial charge on any atom is 0.203 e. The van der Waals surface area contributed by atoms with Gasteiger partial charge in [0.05, 0.1) is 39.5 Å². The Labute approximate surface area is 162 Å². The fraction of sp³-hybridized carbons (Fsp3) is 0.286. The summed E-state index contributed by atoms with van der Waals surface area (Å²) >= 11 is 0. The molecule has 2 aromatic carbocycles. The van der Waals surface area contributed by atoms with Gasteiger partial charge < -0.3 is 23.9 Å². The highest BCUT2D eigenvalue weighted by molar-refractivity contribution is 6.01. The van der Waals surface area contributed by atoms with Crippen LogP contribution in [0.3, 0.4) is 0 Å². The lowest BCUT2D eigenvalue weighted by Crippen LogP contribution is -2.34. The van der Waals surface area contributed by atoms with E-state index < -0.39 is 6.04 Å². The standard InChI is InChI=1S/C21H22N2O5/c1-25-16-9-13(10-17(26-2)20(16)27-3)19(24)15-11-28-21(23-15)14-6-4-5-12-7-8-22-18(12)14/h4-10,15,21-23H,11H2,1-3H3. The van der Waals surface area contributed by atoms with E-state index in [4.69, 9.17) is 18.9 Å². The first-order valence-corrected chi connectivity index (χ1v) is 8.94. The van der Waals surface area contributed by atoms with E-state index >= 15 is 0 Å².